The first-order chi connectivity index (χ1) is 6.69. The topological polar surface area (TPSA) is 58.2 Å². The molecule has 4 heteroatoms. The molecule has 0 amide bonds. The van der Waals surface area contributed by atoms with Crippen molar-refractivity contribution >= 4 is 11.6 Å². The number of hydrogen-bond acceptors (Lipinski definition) is 4. The van der Waals surface area contributed by atoms with Crippen molar-refractivity contribution in [1.29, 1.82) is 0 Å². The highest BCUT2D eigenvalue weighted by molar-refractivity contribution is 5.97. The van der Waals surface area contributed by atoms with E-state index >= 15 is 0 Å². The first-order valence-electron chi connectivity index (χ1n) is 4.48. The van der Waals surface area contributed by atoms with Crippen LogP contribution in [0, 0.1) is 0 Å². The second-order valence-electron chi connectivity index (χ2n) is 3.14. The van der Waals surface area contributed by atoms with Crippen LogP contribution in [-0.2, 0) is 9.59 Å². The Bertz CT molecular complexity index is 247. The van der Waals surface area contributed by atoms with Crippen molar-refractivity contribution < 1.29 is 9.59 Å². The van der Waals surface area contributed by atoms with Crippen molar-refractivity contribution in [2.75, 3.05) is 13.1 Å². The molecule has 1 aliphatic rings. The Hall–Kier alpha value is -1.26. The number of nitrogens with one attached hydrogen (secondary N) is 2. The van der Waals surface area contributed by atoms with Crippen molar-refractivity contribution in [2.24, 2.45) is 0 Å². The molecular weight excluding hydrogens is 180 g/mol. The molecule has 4 nitrogen and oxygen atoms in total. The Balaban J connectivity index is 2.59. The molecule has 1 fully saturated rings. The van der Waals surface area contributed by atoms with E-state index < -0.39 is 0 Å². The molecule has 0 radical (unpaired) electrons. The summed E-state index contributed by atoms with van der Waals surface area (Å²) in [4.78, 5) is 22.5. The third-order valence-electron chi connectivity index (χ3n) is 2.19. The largest absolute Gasteiger partial charge is 0.313 e. The minimum absolute atomic E-state index is 0.0981. The summed E-state index contributed by atoms with van der Waals surface area (Å²) in [6, 6.07) is -0.703. The summed E-state index contributed by atoms with van der Waals surface area (Å²) in [7, 11) is 0. The second-order valence-corrected chi connectivity index (χ2v) is 3.14. The maximum absolute atomic E-state index is 11.3. The molecular formula is C10H14N2O2. The Morgan fingerprint density at radius 1 is 1.07 bits per heavy atom. The fraction of sp³-hybridized carbons (Fsp3) is 0.400. The van der Waals surface area contributed by atoms with E-state index in [4.69, 9.17) is 0 Å². The molecule has 2 atom stereocenters. The fourth-order valence-corrected chi connectivity index (χ4v) is 1.38. The van der Waals surface area contributed by atoms with E-state index in [1.807, 2.05) is 0 Å². The van der Waals surface area contributed by atoms with Gasteiger partial charge in [-0.05, 0) is 12.2 Å². The second kappa shape index (κ2) is 4.83. The Labute approximate surface area is 83.1 Å². The Kier molecular flexibility index (Phi) is 3.73. The van der Waals surface area contributed by atoms with Crippen LogP contribution in [0.1, 0.15) is 0 Å². The van der Waals surface area contributed by atoms with E-state index in [2.05, 4.69) is 23.8 Å². The summed E-state index contributed by atoms with van der Waals surface area (Å²) in [5, 5.41) is 5.97. The smallest absolute Gasteiger partial charge is 0.173 e. The summed E-state index contributed by atoms with van der Waals surface area (Å²) in [5.74, 6) is -0.196. The highest BCUT2D eigenvalue weighted by Crippen LogP contribution is 1.98. The standard InChI is InChI=1S/C10H14N2O2/c1-3-9(13)7-5-11-6-8(12-7)10(14)4-2/h3-4,7-8,11-12H,1-2,5-6H2. The van der Waals surface area contributed by atoms with Crippen LogP contribution < -0.4 is 10.6 Å². The first-order valence-corrected chi connectivity index (χ1v) is 4.48. The number of ketones is 2. The predicted octanol–water partition coefficient (Wildman–Crippen LogP) is -0.573. The Morgan fingerprint density at radius 2 is 1.50 bits per heavy atom. The summed E-state index contributed by atoms with van der Waals surface area (Å²) < 4.78 is 0. The molecule has 1 aliphatic heterocycles. The lowest BCUT2D eigenvalue weighted by Gasteiger charge is -2.28. The van der Waals surface area contributed by atoms with E-state index in [1.165, 1.54) is 12.2 Å². The van der Waals surface area contributed by atoms with Crippen LogP contribution in [0.25, 0.3) is 0 Å². The van der Waals surface area contributed by atoms with E-state index in [-0.39, 0.29) is 23.7 Å². The molecule has 0 aromatic carbocycles. The zero-order valence-corrected chi connectivity index (χ0v) is 7.95. The van der Waals surface area contributed by atoms with Gasteiger partial charge in [0, 0.05) is 13.1 Å². The summed E-state index contributed by atoms with van der Waals surface area (Å²) >= 11 is 0. The van der Waals surface area contributed by atoms with Crippen molar-refractivity contribution in [2.45, 2.75) is 12.1 Å². The van der Waals surface area contributed by atoms with Gasteiger partial charge in [0.2, 0.25) is 0 Å². The van der Waals surface area contributed by atoms with Gasteiger partial charge in [0.1, 0.15) is 0 Å². The van der Waals surface area contributed by atoms with Crippen molar-refractivity contribution in [3.05, 3.63) is 25.3 Å². The number of hydrogen-bond donors (Lipinski definition) is 2. The van der Waals surface area contributed by atoms with E-state index in [0.29, 0.717) is 13.1 Å². The molecule has 0 aromatic heterocycles. The number of carbonyl (C=O) groups is 2. The van der Waals surface area contributed by atoms with Gasteiger partial charge in [0.05, 0.1) is 12.1 Å². The molecule has 0 aliphatic carbocycles. The van der Waals surface area contributed by atoms with Crippen molar-refractivity contribution in [3.63, 3.8) is 0 Å². The number of piperazine rings is 1. The third-order valence-corrected chi connectivity index (χ3v) is 2.19. The van der Waals surface area contributed by atoms with Crippen molar-refractivity contribution in [3.8, 4) is 0 Å². The minimum Gasteiger partial charge on any atom is -0.313 e. The molecule has 2 N–H and O–H groups in total. The molecule has 0 spiro atoms. The average molecular weight is 194 g/mol. The number of rotatable bonds is 4. The molecule has 76 valence electrons. The van der Waals surface area contributed by atoms with Gasteiger partial charge >= 0.3 is 0 Å². The van der Waals surface area contributed by atoms with Gasteiger partial charge in [-0.15, -0.1) is 0 Å². The van der Waals surface area contributed by atoms with Gasteiger partial charge in [0.15, 0.2) is 11.6 Å². The minimum atomic E-state index is -0.352. The van der Waals surface area contributed by atoms with Gasteiger partial charge < -0.3 is 5.32 Å². The molecule has 1 rings (SSSR count). The normalized spacial score (nSPS) is 26.6. The van der Waals surface area contributed by atoms with E-state index in [0.717, 1.165) is 0 Å². The lowest BCUT2D eigenvalue weighted by Crippen LogP contribution is -2.59. The lowest BCUT2D eigenvalue weighted by molar-refractivity contribution is -0.119. The van der Waals surface area contributed by atoms with Crippen LogP contribution in [-0.4, -0.2) is 36.7 Å². The van der Waals surface area contributed by atoms with E-state index in [1.54, 1.807) is 0 Å². The van der Waals surface area contributed by atoms with Crippen molar-refractivity contribution in [1.82, 2.24) is 10.6 Å². The van der Waals surface area contributed by atoms with Gasteiger partial charge in [0.25, 0.3) is 0 Å². The molecule has 1 heterocycles. The van der Waals surface area contributed by atoms with Gasteiger partial charge in [-0.2, -0.15) is 0 Å². The van der Waals surface area contributed by atoms with Crippen LogP contribution >= 0.6 is 0 Å². The lowest BCUT2D eigenvalue weighted by atomic mass is 10.0. The maximum atomic E-state index is 11.3. The first kappa shape index (κ1) is 10.8. The van der Waals surface area contributed by atoms with Crippen LogP contribution in [0.3, 0.4) is 0 Å². The molecule has 1 saturated heterocycles. The average Bonchev–Trinajstić information content (AvgIpc) is 2.27. The van der Waals surface area contributed by atoms with E-state index in [9.17, 15) is 9.59 Å². The molecule has 0 bridgehead atoms. The molecule has 0 aromatic rings. The highest BCUT2D eigenvalue weighted by atomic mass is 16.1. The summed E-state index contributed by atoms with van der Waals surface area (Å²) in [6.07, 6.45) is 2.53. The molecule has 0 saturated carbocycles. The van der Waals surface area contributed by atoms with Crippen LogP contribution in [0.5, 0.6) is 0 Å². The quantitative estimate of drug-likeness (QED) is 0.588. The summed E-state index contributed by atoms with van der Waals surface area (Å²) in [5.41, 5.74) is 0. The van der Waals surface area contributed by atoms with Crippen LogP contribution in [0.2, 0.25) is 0 Å². The number of carbonyl (C=O) groups excluding carboxylic acids is 2. The zero-order valence-electron chi connectivity index (χ0n) is 7.95. The zero-order chi connectivity index (χ0) is 10.6. The monoisotopic (exact) mass is 194 g/mol. The van der Waals surface area contributed by atoms with Gasteiger partial charge in [-0.1, -0.05) is 13.2 Å². The molecule has 14 heavy (non-hydrogen) atoms. The van der Waals surface area contributed by atoms with Gasteiger partial charge in [-0.3, -0.25) is 14.9 Å². The molecule has 2 unspecified atom stereocenters. The van der Waals surface area contributed by atoms with Gasteiger partial charge in [-0.25, -0.2) is 0 Å². The predicted molar refractivity (Wildman–Crippen MR) is 54.0 cm³/mol. The SMILES string of the molecule is C=CC(=O)C1CNCC(C(=O)C=C)N1. The Morgan fingerprint density at radius 3 is 1.86 bits per heavy atom. The maximum Gasteiger partial charge on any atom is 0.173 e. The van der Waals surface area contributed by atoms with Crippen LogP contribution in [0.4, 0.5) is 0 Å². The fourth-order valence-electron chi connectivity index (χ4n) is 1.38. The highest BCUT2D eigenvalue weighted by Gasteiger charge is 2.27. The van der Waals surface area contributed by atoms with Crippen LogP contribution in [0.15, 0.2) is 25.3 Å². The summed E-state index contributed by atoms with van der Waals surface area (Å²) in [6.45, 7) is 7.87. The third kappa shape index (κ3) is 2.37.